The first-order valence-electron chi connectivity index (χ1n) is 10.3. The summed E-state index contributed by atoms with van der Waals surface area (Å²) in [6.07, 6.45) is 0. The first-order chi connectivity index (χ1) is 15.3. The molecule has 160 valence electrons. The second-order valence-corrected chi connectivity index (χ2v) is 7.84. The summed E-state index contributed by atoms with van der Waals surface area (Å²) < 4.78 is 13.5. The Morgan fingerprint density at radius 2 is 1.66 bits per heavy atom. The molecule has 1 N–H and O–H groups in total. The first kappa shape index (κ1) is 21.2. The fourth-order valence-corrected chi connectivity index (χ4v) is 3.79. The van der Waals surface area contributed by atoms with Crippen LogP contribution in [0.2, 0.25) is 0 Å². The summed E-state index contributed by atoms with van der Waals surface area (Å²) in [7, 11) is 0. The van der Waals surface area contributed by atoms with Crippen LogP contribution in [0, 0.1) is 19.7 Å². The Kier molecular flexibility index (Phi) is 5.73. The molecule has 32 heavy (non-hydrogen) atoms. The van der Waals surface area contributed by atoms with Gasteiger partial charge in [-0.1, -0.05) is 48.5 Å². The van der Waals surface area contributed by atoms with Gasteiger partial charge in [0.1, 0.15) is 5.82 Å². The molecule has 0 aliphatic carbocycles. The van der Waals surface area contributed by atoms with Gasteiger partial charge in [0.2, 0.25) is 0 Å². The molecule has 0 aromatic heterocycles. The van der Waals surface area contributed by atoms with E-state index in [-0.39, 0.29) is 24.2 Å². The number of benzene rings is 3. The summed E-state index contributed by atoms with van der Waals surface area (Å²) in [5.41, 5.74) is 5.43. The van der Waals surface area contributed by atoms with E-state index in [0.717, 1.165) is 11.1 Å². The minimum absolute atomic E-state index is 0.0274. The average Bonchev–Trinajstić information content (AvgIpc) is 3.02. The Bertz CT molecular complexity index is 1240. The normalized spacial score (nSPS) is 13.7. The molecule has 4 rings (SSSR count). The molecule has 1 aliphatic heterocycles. The number of hydrogen-bond acceptors (Lipinski definition) is 2. The van der Waals surface area contributed by atoms with Crippen molar-refractivity contribution in [3.8, 4) is 0 Å². The van der Waals surface area contributed by atoms with Crippen LogP contribution in [0.3, 0.4) is 0 Å². The molecule has 3 aromatic rings. The molecule has 0 fully saturated rings. The predicted octanol–water partition coefficient (Wildman–Crippen LogP) is 5.19. The van der Waals surface area contributed by atoms with E-state index in [1.54, 1.807) is 29.2 Å². The van der Waals surface area contributed by atoms with Gasteiger partial charge in [0.25, 0.3) is 11.8 Å². The van der Waals surface area contributed by atoms with E-state index in [0.29, 0.717) is 33.7 Å². The zero-order valence-electron chi connectivity index (χ0n) is 18.0. The van der Waals surface area contributed by atoms with E-state index in [1.165, 1.54) is 12.1 Å². The molecule has 0 radical (unpaired) electrons. The molecule has 0 bridgehead atoms. The molecule has 0 saturated carbocycles. The molecule has 3 aromatic carbocycles. The van der Waals surface area contributed by atoms with Gasteiger partial charge in [-0.3, -0.25) is 14.5 Å². The van der Waals surface area contributed by atoms with Gasteiger partial charge in [-0.15, -0.1) is 0 Å². The lowest BCUT2D eigenvalue weighted by atomic mass is 10.00. The zero-order chi connectivity index (χ0) is 22.8. The molecule has 0 unspecified atom stereocenters. The van der Waals surface area contributed by atoms with E-state index in [1.807, 2.05) is 50.2 Å². The van der Waals surface area contributed by atoms with Gasteiger partial charge in [0.15, 0.2) is 0 Å². The van der Waals surface area contributed by atoms with Gasteiger partial charge in [0, 0.05) is 28.9 Å². The minimum Gasteiger partial charge on any atom is -0.348 e. The van der Waals surface area contributed by atoms with Crippen molar-refractivity contribution in [2.45, 2.75) is 13.8 Å². The predicted molar refractivity (Wildman–Crippen MR) is 125 cm³/mol. The van der Waals surface area contributed by atoms with E-state index in [2.05, 4.69) is 11.9 Å². The molecule has 0 spiro atoms. The van der Waals surface area contributed by atoms with Gasteiger partial charge >= 0.3 is 0 Å². The monoisotopic (exact) mass is 426 g/mol. The molecular weight excluding hydrogens is 403 g/mol. The van der Waals surface area contributed by atoms with Crippen LogP contribution in [0.25, 0.3) is 5.57 Å². The number of anilines is 1. The van der Waals surface area contributed by atoms with Crippen LogP contribution >= 0.6 is 0 Å². The van der Waals surface area contributed by atoms with Gasteiger partial charge in [-0.05, 0) is 61.4 Å². The highest BCUT2D eigenvalue weighted by Crippen LogP contribution is 2.39. The van der Waals surface area contributed by atoms with Gasteiger partial charge in [-0.2, -0.15) is 0 Å². The Morgan fingerprint density at radius 3 is 2.31 bits per heavy atom. The third-order valence-corrected chi connectivity index (χ3v) is 5.45. The number of aryl methyl sites for hydroxylation is 2. The largest absolute Gasteiger partial charge is 0.348 e. The molecule has 1 aliphatic rings. The molecule has 0 saturated heterocycles. The van der Waals surface area contributed by atoms with Crippen LogP contribution in [0.15, 0.2) is 90.6 Å². The van der Waals surface area contributed by atoms with Crippen molar-refractivity contribution in [1.29, 1.82) is 0 Å². The lowest BCUT2D eigenvalue weighted by Crippen LogP contribution is -2.31. The lowest BCUT2D eigenvalue weighted by molar-refractivity contribution is -0.114. The van der Waals surface area contributed by atoms with Crippen LogP contribution in [0.1, 0.15) is 27.0 Å². The molecule has 1 heterocycles. The SMILES string of the molecule is C=C1C(c2ccc(F)cc2)=C(CNC(=O)c2ccc(C)cc2)C(=O)N1c1cccc(C)c1. The van der Waals surface area contributed by atoms with Crippen molar-refractivity contribution in [3.05, 3.63) is 119 Å². The van der Waals surface area contributed by atoms with Gasteiger partial charge in [-0.25, -0.2) is 4.39 Å². The lowest BCUT2D eigenvalue weighted by Gasteiger charge is -2.20. The number of halogens is 1. The Labute approximate surface area is 186 Å². The number of amides is 2. The second-order valence-electron chi connectivity index (χ2n) is 7.84. The highest BCUT2D eigenvalue weighted by molar-refractivity contribution is 6.22. The zero-order valence-corrected chi connectivity index (χ0v) is 18.0. The number of allylic oxidation sites excluding steroid dienone is 1. The smallest absolute Gasteiger partial charge is 0.261 e. The van der Waals surface area contributed by atoms with Crippen LogP contribution in [-0.2, 0) is 4.79 Å². The Hall–Kier alpha value is -3.99. The van der Waals surface area contributed by atoms with Crippen LogP contribution < -0.4 is 10.2 Å². The fourth-order valence-electron chi connectivity index (χ4n) is 3.79. The van der Waals surface area contributed by atoms with Crippen molar-refractivity contribution in [1.82, 2.24) is 5.32 Å². The molecule has 2 amide bonds. The second kappa shape index (κ2) is 8.63. The average molecular weight is 426 g/mol. The minimum atomic E-state index is -0.367. The van der Waals surface area contributed by atoms with Crippen LogP contribution in [0.5, 0.6) is 0 Å². The van der Waals surface area contributed by atoms with E-state index < -0.39 is 0 Å². The quantitative estimate of drug-likeness (QED) is 0.611. The topological polar surface area (TPSA) is 49.4 Å². The van der Waals surface area contributed by atoms with Crippen LogP contribution in [0.4, 0.5) is 10.1 Å². The molecule has 5 heteroatoms. The molecular formula is C27H23FN2O2. The third kappa shape index (κ3) is 4.10. The number of rotatable bonds is 5. The number of carbonyl (C=O) groups excluding carboxylic acids is 2. The van der Waals surface area contributed by atoms with Gasteiger partial charge in [0.05, 0.1) is 5.70 Å². The van der Waals surface area contributed by atoms with Crippen LogP contribution in [-0.4, -0.2) is 18.4 Å². The summed E-state index contributed by atoms with van der Waals surface area (Å²) in [4.78, 5) is 27.6. The summed E-state index contributed by atoms with van der Waals surface area (Å²) in [6.45, 7) is 8.08. The number of carbonyl (C=O) groups is 2. The number of nitrogens with one attached hydrogen (secondary N) is 1. The van der Waals surface area contributed by atoms with Crippen molar-refractivity contribution in [2.24, 2.45) is 0 Å². The van der Waals surface area contributed by atoms with Crippen molar-refractivity contribution < 1.29 is 14.0 Å². The highest BCUT2D eigenvalue weighted by atomic mass is 19.1. The first-order valence-corrected chi connectivity index (χ1v) is 10.3. The number of hydrogen-bond donors (Lipinski definition) is 1. The third-order valence-electron chi connectivity index (χ3n) is 5.45. The fraction of sp³-hybridized carbons (Fsp3) is 0.111. The van der Waals surface area contributed by atoms with Crippen molar-refractivity contribution >= 4 is 23.1 Å². The summed E-state index contributed by atoms with van der Waals surface area (Å²) in [5.74, 6) is -0.901. The highest BCUT2D eigenvalue weighted by Gasteiger charge is 2.35. The maximum absolute atomic E-state index is 13.5. The standard InChI is InChI=1S/C27H23FN2O2/c1-17-7-9-21(10-8-17)26(31)29-16-24-25(20-11-13-22(28)14-12-20)19(3)30(27(24)32)23-6-4-5-18(2)15-23/h4-15H,3,16H2,1-2H3,(H,29,31). The summed E-state index contributed by atoms with van der Waals surface area (Å²) >= 11 is 0. The van der Waals surface area contributed by atoms with E-state index in [9.17, 15) is 14.0 Å². The maximum atomic E-state index is 13.5. The van der Waals surface area contributed by atoms with Gasteiger partial charge < -0.3 is 5.32 Å². The summed E-state index contributed by atoms with van der Waals surface area (Å²) in [6, 6.07) is 20.7. The van der Waals surface area contributed by atoms with Crippen molar-refractivity contribution in [2.75, 3.05) is 11.4 Å². The Morgan fingerprint density at radius 1 is 0.969 bits per heavy atom. The maximum Gasteiger partial charge on any atom is 0.261 e. The van der Waals surface area contributed by atoms with Crippen molar-refractivity contribution in [3.63, 3.8) is 0 Å². The Balaban J connectivity index is 1.69. The van der Waals surface area contributed by atoms with E-state index in [4.69, 9.17) is 0 Å². The van der Waals surface area contributed by atoms with E-state index >= 15 is 0 Å². The summed E-state index contributed by atoms with van der Waals surface area (Å²) in [5, 5.41) is 2.85. The number of nitrogens with zero attached hydrogens (tertiary/aromatic N) is 1. The molecule has 4 nitrogen and oxygen atoms in total. The molecule has 0 atom stereocenters.